The molecule has 1 atom stereocenters. The lowest BCUT2D eigenvalue weighted by molar-refractivity contribution is -0.139. The predicted octanol–water partition coefficient (Wildman–Crippen LogP) is 4.98. The maximum atomic E-state index is 14.1. The first-order chi connectivity index (χ1) is 19.6. The fraction of sp³-hybridized carbons (Fsp3) is 0.375. The van der Waals surface area contributed by atoms with Crippen LogP contribution in [0.1, 0.15) is 49.3 Å². The highest BCUT2D eigenvalue weighted by atomic mass is 32.2. The molecule has 0 heterocycles. The van der Waals surface area contributed by atoms with Gasteiger partial charge in [0, 0.05) is 12.6 Å². The van der Waals surface area contributed by atoms with Crippen LogP contribution in [-0.2, 0) is 26.2 Å². The normalized spacial score (nSPS) is 14.3. The molecule has 2 amide bonds. The van der Waals surface area contributed by atoms with E-state index >= 15 is 0 Å². The molecule has 9 heteroatoms. The number of amides is 2. The molecule has 0 spiro atoms. The molecule has 4 rings (SSSR count). The van der Waals surface area contributed by atoms with Gasteiger partial charge in [0.25, 0.3) is 10.0 Å². The Bertz CT molecular complexity index is 1450. The number of aryl methyl sites for hydroxylation is 2. The Hall–Kier alpha value is -3.85. The summed E-state index contributed by atoms with van der Waals surface area (Å²) in [6.07, 6.45) is 3.96. The summed E-state index contributed by atoms with van der Waals surface area (Å²) < 4.78 is 34.4. The van der Waals surface area contributed by atoms with E-state index in [1.807, 2.05) is 38.1 Å². The van der Waals surface area contributed by atoms with Crippen molar-refractivity contribution in [2.45, 2.75) is 70.0 Å². The minimum Gasteiger partial charge on any atom is -0.497 e. The van der Waals surface area contributed by atoms with Crippen LogP contribution in [0.3, 0.4) is 0 Å². The molecule has 0 unspecified atom stereocenters. The Morgan fingerprint density at radius 3 is 2.24 bits per heavy atom. The molecule has 1 saturated carbocycles. The molecule has 0 aromatic heterocycles. The minimum absolute atomic E-state index is 0.0818. The molecule has 0 radical (unpaired) electrons. The summed E-state index contributed by atoms with van der Waals surface area (Å²) in [6, 6.07) is 20.1. The minimum atomic E-state index is -4.10. The van der Waals surface area contributed by atoms with Gasteiger partial charge in [-0.2, -0.15) is 0 Å². The van der Waals surface area contributed by atoms with E-state index in [-0.39, 0.29) is 23.4 Å². The topological polar surface area (TPSA) is 96.0 Å². The lowest BCUT2D eigenvalue weighted by Crippen LogP contribution is -2.52. The number of nitrogens with one attached hydrogen (secondary N) is 1. The molecule has 1 N–H and O–H groups in total. The van der Waals surface area contributed by atoms with E-state index in [2.05, 4.69) is 5.32 Å². The number of nitrogens with zero attached hydrogens (tertiary/aromatic N) is 2. The van der Waals surface area contributed by atoms with Crippen molar-refractivity contribution < 1.29 is 22.7 Å². The van der Waals surface area contributed by atoms with Crippen LogP contribution in [-0.4, -0.2) is 50.9 Å². The van der Waals surface area contributed by atoms with Crippen LogP contribution in [0.4, 0.5) is 5.69 Å². The van der Waals surface area contributed by atoms with Gasteiger partial charge in [-0.25, -0.2) is 8.42 Å². The van der Waals surface area contributed by atoms with Crippen molar-refractivity contribution in [1.82, 2.24) is 10.2 Å². The second kappa shape index (κ2) is 13.2. The summed E-state index contributed by atoms with van der Waals surface area (Å²) in [7, 11) is -2.53. The van der Waals surface area contributed by atoms with Crippen molar-refractivity contribution >= 4 is 27.5 Å². The molecule has 41 heavy (non-hydrogen) atoms. The van der Waals surface area contributed by atoms with Gasteiger partial charge in [0.2, 0.25) is 11.8 Å². The van der Waals surface area contributed by atoms with Crippen LogP contribution in [0.5, 0.6) is 5.75 Å². The number of anilines is 1. The molecule has 218 valence electrons. The van der Waals surface area contributed by atoms with Crippen LogP contribution < -0.4 is 14.4 Å². The van der Waals surface area contributed by atoms with E-state index in [1.54, 1.807) is 50.4 Å². The summed E-state index contributed by atoms with van der Waals surface area (Å²) in [4.78, 5) is 29.0. The third kappa shape index (κ3) is 7.47. The average molecular weight is 578 g/mol. The van der Waals surface area contributed by atoms with Crippen LogP contribution in [0.2, 0.25) is 0 Å². The van der Waals surface area contributed by atoms with E-state index in [0.717, 1.165) is 46.7 Å². The van der Waals surface area contributed by atoms with E-state index < -0.39 is 28.5 Å². The fourth-order valence-electron chi connectivity index (χ4n) is 5.29. The van der Waals surface area contributed by atoms with Crippen LogP contribution >= 0.6 is 0 Å². The molecule has 8 nitrogen and oxygen atoms in total. The number of hydrogen-bond donors (Lipinski definition) is 1. The zero-order valence-corrected chi connectivity index (χ0v) is 25.0. The lowest BCUT2D eigenvalue weighted by atomic mass is 10.1. The lowest BCUT2D eigenvalue weighted by Gasteiger charge is -2.32. The van der Waals surface area contributed by atoms with Gasteiger partial charge in [-0.3, -0.25) is 13.9 Å². The highest BCUT2D eigenvalue weighted by Crippen LogP contribution is 2.27. The van der Waals surface area contributed by atoms with E-state index in [0.29, 0.717) is 11.4 Å². The van der Waals surface area contributed by atoms with Crippen molar-refractivity contribution in [3.8, 4) is 5.75 Å². The Morgan fingerprint density at radius 1 is 0.951 bits per heavy atom. The highest BCUT2D eigenvalue weighted by Gasteiger charge is 2.33. The second-order valence-corrected chi connectivity index (χ2v) is 12.6. The van der Waals surface area contributed by atoms with Gasteiger partial charge in [0.1, 0.15) is 18.3 Å². The van der Waals surface area contributed by atoms with Crippen LogP contribution in [0.15, 0.2) is 77.7 Å². The van der Waals surface area contributed by atoms with Crippen LogP contribution in [0, 0.1) is 13.8 Å². The summed E-state index contributed by atoms with van der Waals surface area (Å²) in [5, 5.41) is 3.09. The van der Waals surface area contributed by atoms with Gasteiger partial charge in [-0.15, -0.1) is 0 Å². The molecule has 3 aromatic carbocycles. The summed E-state index contributed by atoms with van der Waals surface area (Å²) in [5.41, 5.74) is 2.91. The molecule has 1 fully saturated rings. The van der Waals surface area contributed by atoms with Gasteiger partial charge in [-0.1, -0.05) is 49.2 Å². The van der Waals surface area contributed by atoms with Gasteiger partial charge in [0.05, 0.1) is 17.7 Å². The molecular formula is C32H39N3O5S. The van der Waals surface area contributed by atoms with Crippen molar-refractivity contribution in [2.24, 2.45) is 0 Å². The first kappa shape index (κ1) is 30.1. The number of methoxy groups -OCH3 is 1. The molecule has 0 saturated heterocycles. The first-order valence-corrected chi connectivity index (χ1v) is 15.4. The second-order valence-electron chi connectivity index (χ2n) is 10.7. The van der Waals surface area contributed by atoms with Crippen molar-refractivity contribution in [2.75, 3.05) is 18.0 Å². The maximum absolute atomic E-state index is 14.1. The Labute approximate surface area is 243 Å². The number of carbonyl (C=O) groups is 2. The van der Waals surface area contributed by atoms with E-state index in [1.165, 1.54) is 17.0 Å². The van der Waals surface area contributed by atoms with Gasteiger partial charge >= 0.3 is 0 Å². The number of rotatable bonds is 11. The number of ether oxygens (including phenoxy) is 1. The Morgan fingerprint density at radius 2 is 1.61 bits per heavy atom. The molecule has 3 aromatic rings. The number of carbonyl (C=O) groups excluding carboxylic acids is 2. The monoisotopic (exact) mass is 577 g/mol. The van der Waals surface area contributed by atoms with Crippen molar-refractivity contribution in [3.05, 3.63) is 89.5 Å². The molecule has 0 bridgehead atoms. The smallest absolute Gasteiger partial charge is 0.264 e. The number of benzene rings is 3. The van der Waals surface area contributed by atoms with Crippen molar-refractivity contribution in [1.29, 1.82) is 0 Å². The Balaban J connectivity index is 1.71. The maximum Gasteiger partial charge on any atom is 0.264 e. The molecular weight excluding hydrogens is 538 g/mol. The third-order valence-corrected chi connectivity index (χ3v) is 9.25. The Kier molecular flexibility index (Phi) is 9.70. The quantitative estimate of drug-likeness (QED) is 0.347. The summed E-state index contributed by atoms with van der Waals surface area (Å²) in [6.45, 7) is 5.11. The zero-order valence-electron chi connectivity index (χ0n) is 24.2. The van der Waals surface area contributed by atoms with Crippen LogP contribution in [0.25, 0.3) is 0 Å². The fourth-order valence-corrected chi connectivity index (χ4v) is 6.70. The summed E-state index contributed by atoms with van der Waals surface area (Å²) in [5.74, 6) is -0.112. The van der Waals surface area contributed by atoms with Gasteiger partial charge < -0.3 is 15.0 Å². The molecule has 1 aliphatic rings. The first-order valence-electron chi connectivity index (χ1n) is 14.0. The zero-order chi connectivity index (χ0) is 29.6. The third-order valence-electron chi connectivity index (χ3n) is 7.46. The largest absolute Gasteiger partial charge is 0.497 e. The summed E-state index contributed by atoms with van der Waals surface area (Å²) >= 11 is 0. The molecule has 1 aliphatic carbocycles. The average Bonchev–Trinajstić information content (AvgIpc) is 3.47. The van der Waals surface area contributed by atoms with Crippen molar-refractivity contribution in [3.63, 3.8) is 0 Å². The van der Waals surface area contributed by atoms with E-state index in [4.69, 9.17) is 4.74 Å². The number of hydrogen-bond acceptors (Lipinski definition) is 5. The van der Waals surface area contributed by atoms with Gasteiger partial charge in [0.15, 0.2) is 0 Å². The molecule has 0 aliphatic heterocycles. The highest BCUT2D eigenvalue weighted by molar-refractivity contribution is 7.92. The van der Waals surface area contributed by atoms with E-state index in [9.17, 15) is 18.0 Å². The standard InChI is InChI=1S/C32H39N3O5S/c1-23-17-24(2)19-28(18-23)35(41(38,39)30-15-6-5-7-16-30)22-31(36)34(21-26-11-10-14-29(20-26)40-4)25(3)32(37)33-27-12-8-9-13-27/h5-7,10-11,14-20,25,27H,8-9,12-13,21-22H2,1-4H3,(H,33,37)/t25-/m1/s1. The SMILES string of the molecule is COc1cccc(CN(C(=O)CN(c2cc(C)cc(C)c2)S(=O)(=O)c2ccccc2)[C@H](C)C(=O)NC2CCCC2)c1. The predicted molar refractivity (Wildman–Crippen MR) is 160 cm³/mol. The van der Waals surface area contributed by atoms with Gasteiger partial charge in [-0.05, 0) is 86.7 Å². The number of sulfonamides is 1.